The number of rotatable bonds is 7. The Bertz CT molecular complexity index is 553. The maximum Gasteiger partial charge on any atom is 0.306 e. The molecule has 0 amide bonds. The molecule has 2 rings (SSSR count). The van der Waals surface area contributed by atoms with Crippen LogP contribution in [0.15, 0.2) is 18.2 Å². The van der Waals surface area contributed by atoms with E-state index in [2.05, 4.69) is 12.2 Å². The second-order valence-electron chi connectivity index (χ2n) is 5.82. The van der Waals surface area contributed by atoms with Gasteiger partial charge in [0.2, 0.25) is 0 Å². The molecule has 0 saturated heterocycles. The molecule has 1 N–H and O–H groups in total. The van der Waals surface area contributed by atoms with Gasteiger partial charge >= 0.3 is 5.97 Å². The molecule has 6 nitrogen and oxygen atoms in total. The lowest BCUT2D eigenvalue weighted by Crippen LogP contribution is -2.34. The number of nitrogens with zero attached hydrogens (tertiary/aromatic N) is 1. The second-order valence-corrected chi connectivity index (χ2v) is 5.82. The second kappa shape index (κ2) is 7.24. The van der Waals surface area contributed by atoms with Crippen molar-refractivity contribution in [2.75, 3.05) is 11.9 Å². The van der Waals surface area contributed by atoms with Crippen LogP contribution >= 0.6 is 0 Å². The molecule has 1 saturated carbocycles. The quantitative estimate of drug-likeness (QED) is 0.475. The zero-order valence-corrected chi connectivity index (χ0v) is 13.0. The van der Waals surface area contributed by atoms with Crippen molar-refractivity contribution in [3.8, 4) is 0 Å². The van der Waals surface area contributed by atoms with Gasteiger partial charge in [0.05, 0.1) is 11.5 Å². The summed E-state index contributed by atoms with van der Waals surface area (Å²) in [5.41, 5.74) is 1.72. The van der Waals surface area contributed by atoms with Gasteiger partial charge in [-0.2, -0.15) is 0 Å². The molecular formula is C16H22N2O4. The van der Waals surface area contributed by atoms with Gasteiger partial charge in [-0.1, -0.05) is 6.92 Å². The summed E-state index contributed by atoms with van der Waals surface area (Å²) in [7, 11) is 0. The summed E-state index contributed by atoms with van der Waals surface area (Å²) >= 11 is 0. The van der Waals surface area contributed by atoms with E-state index in [0.717, 1.165) is 30.0 Å². The Morgan fingerprint density at radius 1 is 1.45 bits per heavy atom. The largest absolute Gasteiger partial charge is 0.466 e. The number of anilines is 1. The molecule has 0 radical (unpaired) electrons. The molecule has 0 heterocycles. The van der Waals surface area contributed by atoms with Crippen LogP contribution < -0.4 is 5.32 Å². The van der Waals surface area contributed by atoms with Crippen LogP contribution in [0.5, 0.6) is 0 Å². The number of esters is 1. The zero-order chi connectivity index (χ0) is 16.1. The molecule has 120 valence electrons. The average Bonchev–Trinajstić information content (AvgIpc) is 2.44. The van der Waals surface area contributed by atoms with Crippen molar-refractivity contribution < 1.29 is 14.5 Å². The molecular weight excluding hydrogens is 284 g/mol. The Morgan fingerprint density at radius 3 is 2.77 bits per heavy atom. The summed E-state index contributed by atoms with van der Waals surface area (Å²) in [6.45, 7) is 4.31. The van der Waals surface area contributed by atoms with Crippen LogP contribution in [-0.2, 0) is 16.0 Å². The van der Waals surface area contributed by atoms with Gasteiger partial charge in [0, 0.05) is 30.3 Å². The number of carbonyl (C=O) groups is 1. The molecule has 22 heavy (non-hydrogen) atoms. The number of ether oxygens (including phenoxy) is 1. The van der Waals surface area contributed by atoms with Gasteiger partial charge in [-0.3, -0.25) is 14.9 Å². The Labute approximate surface area is 130 Å². The van der Waals surface area contributed by atoms with Gasteiger partial charge < -0.3 is 10.1 Å². The third kappa shape index (κ3) is 4.19. The van der Waals surface area contributed by atoms with E-state index in [4.69, 9.17) is 4.74 Å². The maximum absolute atomic E-state index is 11.5. The van der Waals surface area contributed by atoms with E-state index < -0.39 is 4.92 Å². The minimum atomic E-state index is -0.414. The molecule has 0 unspecified atom stereocenters. The molecule has 1 fully saturated rings. The molecule has 0 bridgehead atoms. The highest BCUT2D eigenvalue weighted by Gasteiger charge is 2.26. The van der Waals surface area contributed by atoms with Crippen molar-refractivity contribution in [2.45, 2.75) is 45.6 Å². The number of benzene rings is 1. The highest BCUT2D eigenvalue weighted by atomic mass is 16.6. The van der Waals surface area contributed by atoms with E-state index in [1.807, 2.05) is 0 Å². The van der Waals surface area contributed by atoms with Crippen molar-refractivity contribution in [1.29, 1.82) is 0 Å². The standard InChI is InChI=1S/C16H22N2O4/c1-3-22-16(19)7-4-12-10-14(18(20)21)5-6-15(12)17-13-8-11(2)9-13/h5-6,10-11,13,17H,3-4,7-9H2,1-2H3. The number of nitro groups is 1. The van der Waals surface area contributed by atoms with Crippen molar-refractivity contribution in [1.82, 2.24) is 0 Å². The lowest BCUT2D eigenvalue weighted by atomic mass is 9.81. The molecule has 1 aromatic rings. The molecule has 6 heteroatoms. The first-order valence-electron chi connectivity index (χ1n) is 7.69. The fourth-order valence-corrected chi connectivity index (χ4v) is 2.75. The van der Waals surface area contributed by atoms with Crippen molar-refractivity contribution in [3.05, 3.63) is 33.9 Å². The monoisotopic (exact) mass is 306 g/mol. The van der Waals surface area contributed by atoms with Gasteiger partial charge in [0.1, 0.15) is 0 Å². The lowest BCUT2D eigenvalue weighted by Gasteiger charge is -2.34. The molecule has 0 aliphatic heterocycles. The minimum Gasteiger partial charge on any atom is -0.466 e. The molecule has 0 aromatic heterocycles. The summed E-state index contributed by atoms with van der Waals surface area (Å²) < 4.78 is 4.92. The van der Waals surface area contributed by atoms with E-state index in [0.29, 0.717) is 19.1 Å². The Morgan fingerprint density at radius 2 is 2.18 bits per heavy atom. The normalized spacial score (nSPS) is 20.1. The van der Waals surface area contributed by atoms with Crippen LogP contribution in [0.3, 0.4) is 0 Å². The van der Waals surface area contributed by atoms with E-state index in [-0.39, 0.29) is 18.1 Å². The summed E-state index contributed by atoms with van der Waals surface area (Å²) in [5, 5.41) is 14.4. The van der Waals surface area contributed by atoms with E-state index in [1.165, 1.54) is 6.07 Å². The first kappa shape index (κ1) is 16.3. The minimum absolute atomic E-state index is 0.0476. The number of carbonyl (C=O) groups excluding carboxylic acids is 1. The van der Waals surface area contributed by atoms with E-state index in [1.54, 1.807) is 19.1 Å². The van der Waals surface area contributed by atoms with E-state index in [9.17, 15) is 14.9 Å². The number of hydrogen-bond acceptors (Lipinski definition) is 5. The predicted molar refractivity (Wildman–Crippen MR) is 83.9 cm³/mol. The smallest absolute Gasteiger partial charge is 0.306 e. The van der Waals surface area contributed by atoms with Gasteiger partial charge in [-0.05, 0) is 43.7 Å². The van der Waals surface area contributed by atoms with Crippen LogP contribution in [0.1, 0.15) is 38.7 Å². The van der Waals surface area contributed by atoms with Crippen LogP contribution in [0, 0.1) is 16.0 Å². The topological polar surface area (TPSA) is 81.5 Å². The Hall–Kier alpha value is -2.11. The molecule has 1 aliphatic rings. The van der Waals surface area contributed by atoms with Crippen LogP contribution in [0.4, 0.5) is 11.4 Å². The van der Waals surface area contributed by atoms with Crippen LogP contribution in [-0.4, -0.2) is 23.5 Å². The molecule has 0 spiro atoms. The highest BCUT2D eigenvalue weighted by molar-refractivity contribution is 5.70. The van der Waals surface area contributed by atoms with Crippen LogP contribution in [0.25, 0.3) is 0 Å². The third-order valence-electron chi connectivity index (χ3n) is 3.94. The van der Waals surface area contributed by atoms with Gasteiger partial charge in [-0.25, -0.2) is 0 Å². The lowest BCUT2D eigenvalue weighted by molar-refractivity contribution is -0.384. The van der Waals surface area contributed by atoms with Gasteiger partial charge in [-0.15, -0.1) is 0 Å². The van der Waals surface area contributed by atoms with Crippen LogP contribution in [0.2, 0.25) is 0 Å². The number of nitrogens with one attached hydrogen (secondary N) is 1. The highest BCUT2D eigenvalue weighted by Crippen LogP contribution is 2.32. The number of nitro benzene ring substituents is 1. The van der Waals surface area contributed by atoms with Gasteiger partial charge in [0.25, 0.3) is 5.69 Å². The fourth-order valence-electron chi connectivity index (χ4n) is 2.75. The summed E-state index contributed by atoms with van der Waals surface area (Å²) in [4.78, 5) is 22.0. The first-order valence-corrected chi connectivity index (χ1v) is 7.69. The molecule has 1 aromatic carbocycles. The van der Waals surface area contributed by atoms with Crippen molar-refractivity contribution in [3.63, 3.8) is 0 Å². The Balaban J connectivity index is 2.09. The first-order chi connectivity index (χ1) is 10.5. The van der Waals surface area contributed by atoms with E-state index >= 15 is 0 Å². The van der Waals surface area contributed by atoms with Crippen molar-refractivity contribution in [2.24, 2.45) is 5.92 Å². The number of aryl methyl sites for hydroxylation is 1. The van der Waals surface area contributed by atoms with Crippen molar-refractivity contribution >= 4 is 17.3 Å². The molecule has 0 atom stereocenters. The maximum atomic E-state index is 11.5. The molecule has 1 aliphatic carbocycles. The Kier molecular flexibility index (Phi) is 5.35. The number of non-ortho nitro benzene ring substituents is 1. The average molecular weight is 306 g/mol. The summed E-state index contributed by atoms with van der Waals surface area (Å²) in [5.74, 6) is 0.441. The number of hydrogen-bond donors (Lipinski definition) is 1. The SMILES string of the molecule is CCOC(=O)CCc1cc([N+](=O)[O-])ccc1NC1CC(C)C1. The summed E-state index contributed by atoms with van der Waals surface area (Å²) in [6.07, 6.45) is 2.87. The third-order valence-corrected chi connectivity index (χ3v) is 3.94. The zero-order valence-electron chi connectivity index (χ0n) is 13.0. The fraction of sp³-hybridized carbons (Fsp3) is 0.562. The predicted octanol–water partition coefficient (Wildman–Crippen LogP) is 3.30. The summed E-state index contributed by atoms with van der Waals surface area (Å²) in [6, 6.07) is 5.20. The van der Waals surface area contributed by atoms with Gasteiger partial charge in [0.15, 0.2) is 0 Å².